The van der Waals surface area contributed by atoms with Gasteiger partial charge in [-0.05, 0) is 13.8 Å². The first-order chi connectivity index (χ1) is 4.13. The Morgan fingerprint density at radius 1 is 1.67 bits per heavy atom. The molecule has 0 spiro atoms. The number of hydrogen-bond acceptors (Lipinski definition) is 3. The quantitative estimate of drug-likeness (QED) is 0.472. The van der Waals surface area contributed by atoms with Gasteiger partial charge in [0.15, 0.2) is 0 Å². The highest BCUT2D eigenvalue weighted by Crippen LogP contribution is 2.13. The Bertz CT molecular complexity index is 103. The molecular weight excluding hydrogens is 116 g/mol. The van der Waals surface area contributed by atoms with Gasteiger partial charge in [-0.2, -0.15) is 0 Å². The summed E-state index contributed by atoms with van der Waals surface area (Å²) in [5.41, 5.74) is 5.48. The predicted molar refractivity (Wildman–Crippen MR) is 36.0 cm³/mol. The summed E-state index contributed by atoms with van der Waals surface area (Å²) in [6.07, 6.45) is -0.0220. The van der Waals surface area contributed by atoms with Crippen LogP contribution in [0.4, 0.5) is 0 Å². The topological polar surface area (TPSA) is 47.3 Å². The van der Waals surface area contributed by atoms with Crippen LogP contribution in [0.25, 0.3) is 0 Å². The first-order valence-electron chi connectivity index (χ1n) is 3.26. The predicted octanol–water partition coefficient (Wildman–Crippen LogP) is -0.330. The van der Waals surface area contributed by atoms with E-state index < -0.39 is 0 Å². The molecule has 1 rings (SSSR count). The van der Waals surface area contributed by atoms with Crippen molar-refractivity contribution in [1.82, 2.24) is 5.32 Å². The molecule has 3 N–H and O–H groups in total. The van der Waals surface area contributed by atoms with Crippen LogP contribution >= 0.6 is 0 Å². The molecule has 0 aliphatic carbocycles. The molecule has 1 heterocycles. The summed E-state index contributed by atoms with van der Waals surface area (Å²) in [5, 5.41) is 3.12. The second kappa shape index (κ2) is 2.25. The zero-order valence-electron chi connectivity index (χ0n) is 5.98. The van der Waals surface area contributed by atoms with Gasteiger partial charge < -0.3 is 10.5 Å². The van der Waals surface area contributed by atoms with Crippen molar-refractivity contribution in [2.45, 2.75) is 25.6 Å². The van der Waals surface area contributed by atoms with E-state index in [0.29, 0.717) is 0 Å². The lowest BCUT2D eigenvalue weighted by Crippen LogP contribution is -2.59. The molecule has 3 nitrogen and oxygen atoms in total. The van der Waals surface area contributed by atoms with E-state index in [0.717, 1.165) is 13.2 Å². The number of hydrogen-bond donors (Lipinski definition) is 2. The molecule has 0 aromatic heterocycles. The van der Waals surface area contributed by atoms with Gasteiger partial charge in [-0.1, -0.05) is 0 Å². The average molecular weight is 130 g/mol. The van der Waals surface area contributed by atoms with Gasteiger partial charge in [-0.3, -0.25) is 5.32 Å². The van der Waals surface area contributed by atoms with Crippen molar-refractivity contribution in [2.75, 3.05) is 13.2 Å². The van der Waals surface area contributed by atoms with Crippen LogP contribution < -0.4 is 11.1 Å². The zero-order chi connectivity index (χ0) is 6.91. The second-order valence-electron chi connectivity index (χ2n) is 2.88. The molecular formula is C6H14N2O. The van der Waals surface area contributed by atoms with Crippen molar-refractivity contribution in [3.8, 4) is 0 Å². The van der Waals surface area contributed by atoms with Crippen LogP contribution in [0.3, 0.4) is 0 Å². The SMILES string of the molecule is CC1(C)OCCNC1N. The Balaban J connectivity index is 2.49. The summed E-state index contributed by atoms with van der Waals surface area (Å²) in [4.78, 5) is 0. The van der Waals surface area contributed by atoms with E-state index >= 15 is 0 Å². The average Bonchev–Trinajstić information content (AvgIpc) is 1.77. The van der Waals surface area contributed by atoms with Crippen molar-refractivity contribution < 1.29 is 4.74 Å². The Labute approximate surface area is 55.6 Å². The summed E-state index contributed by atoms with van der Waals surface area (Å²) in [5.74, 6) is 0. The van der Waals surface area contributed by atoms with Crippen molar-refractivity contribution in [3.63, 3.8) is 0 Å². The molecule has 3 heteroatoms. The van der Waals surface area contributed by atoms with E-state index in [2.05, 4.69) is 5.32 Å². The van der Waals surface area contributed by atoms with Crippen LogP contribution in [0.1, 0.15) is 13.8 Å². The molecule has 1 saturated heterocycles. The smallest absolute Gasteiger partial charge is 0.0908 e. The molecule has 0 saturated carbocycles. The number of morpholine rings is 1. The molecule has 1 fully saturated rings. The number of ether oxygens (including phenoxy) is 1. The number of nitrogens with one attached hydrogen (secondary N) is 1. The summed E-state index contributed by atoms with van der Waals surface area (Å²) in [6, 6.07) is 0. The van der Waals surface area contributed by atoms with Gasteiger partial charge >= 0.3 is 0 Å². The molecule has 0 radical (unpaired) electrons. The van der Waals surface area contributed by atoms with Crippen molar-refractivity contribution in [2.24, 2.45) is 5.73 Å². The number of nitrogens with two attached hydrogens (primary N) is 1. The van der Waals surface area contributed by atoms with E-state index in [1.165, 1.54) is 0 Å². The minimum Gasteiger partial charge on any atom is -0.371 e. The second-order valence-corrected chi connectivity index (χ2v) is 2.88. The summed E-state index contributed by atoms with van der Waals surface area (Å²) in [6.45, 7) is 5.61. The molecule has 1 atom stereocenters. The maximum atomic E-state index is 5.68. The largest absolute Gasteiger partial charge is 0.371 e. The highest BCUT2D eigenvalue weighted by molar-refractivity contribution is 4.83. The minimum absolute atomic E-state index is 0.0220. The fourth-order valence-corrected chi connectivity index (χ4v) is 0.864. The van der Waals surface area contributed by atoms with Gasteiger partial charge in [0.1, 0.15) is 0 Å². The summed E-state index contributed by atoms with van der Waals surface area (Å²) in [7, 11) is 0. The van der Waals surface area contributed by atoms with Crippen LogP contribution in [0.2, 0.25) is 0 Å². The Kier molecular flexibility index (Phi) is 1.75. The molecule has 1 aliphatic rings. The van der Waals surface area contributed by atoms with Crippen LogP contribution in [0.5, 0.6) is 0 Å². The molecule has 1 aliphatic heterocycles. The lowest BCUT2D eigenvalue weighted by atomic mass is 10.1. The first-order valence-corrected chi connectivity index (χ1v) is 3.26. The lowest BCUT2D eigenvalue weighted by molar-refractivity contribution is -0.0692. The summed E-state index contributed by atoms with van der Waals surface area (Å²) >= 11 is 0. The maximum Gasteiger partial charge on any atom is 0.0908 e. The Morgan fingerprint density at radius 3 is 2.67 bits per heavy atom. The van der Waals surface area contributed by atoms with Crippen LogP contribution in [-0.4, -0.2) is 24.9 Å². The third-order valence-electron chi connectivity index (χ3n) is 1.69. The summed E-state index contributed by atoms with van der Waals surface area (Å²) < 4.78 is 5.39. The zero-order valence-corrected chi connectivity index (χ0v) is 5.98. The molecule has 0 aromatic carbocycles. The van der Waals surface area contributed by atoms with Crippen LogP contribution in [0.15, 0.2) is 0 Å². The Morgan fingerprint density at radius 2 is 2.33 bits per heavy atom. The fourth-order valence-electron chi connectivity index (χ4n) is 0.864. The van der Waals surface area contributed by atoms with Crippen molar-refractivity contribution in [3.05, 3.63) is 0 Å². The van der Waals surface area contributed by atoms with Crippen molar-refractivity contribution in [1.29, 1.82) is 0 Å². The van der Waals surface area contributed by atoms with Gasteiger partial charge in [-0.25, -0.2) is 0 Å². The molecule has 54 valence electrons. The monoisotopic (exact) mass is 130 g/mol. The minimum atomic E-state index is -0.196. The van der Waals surface area contributed by atoms with Crippen LogP contribution in [-0.2, 0) is 4.74 Å². The van der Waals surface area contributed by atoms with Crippen LogP contribution in [0, 0.1) is 0 Å². The first kappa shape index (κ1) is 6.99. The van der Waals surface area contributed by atoms with Gasteiger partial charge in [0.25, 0.3) is 0 Å². The van der Waals surface area contributed by atoms with Crippen molar-refractivity contribution >= 4 is 0 Å². The number of rotatable bonds is 0. The molecule has 0 amide bonds. The normalized spacial score (nSPS) is 34.3. The highest BCUT2D eigenvalue weighted by atomic mass is 16.5. The Hall–Kier alpha value is -0.120. The van der Waals surface area contributed by atoms with E-state index in [-0.39, 0.29) is 11.8 Å². The molecule has 0 bridgehead atoms. The van der Waals surface area contributed by atoms with Gasteiger partial charge in [0.05, 0.1) is 18.4 Å². The van der Waals surface area contributed by atoms with E-state index in [9.17, 15) is 0 Å². The maximum absolute atomic E-state index is 5.68. The van der Waals surface area contributed by atoms with Gasteiger partial charge in [-0.15, -0.1) is 0 Å². The third kappa shape index (κ3) is 1.41. The molecule has 9 heavy (non-hydrogen) atoms. The fraction of sp³-hybridized carbons (Fsp3) is 1.00. The van der Waals surface area contributed by atoms with E-state index in [4.69, 9.17) is 10.5 Å². The standard InChI is InChI=1S/C6H14N2O/c1-6(2)5(7)8-3-4-9-6/h5,8H,3-4,7H2,1-2H3. The molecule has 0 aromatic rings. The lowest BCUT2D eigenvalue weighted by Gasteiger charge is -2.36. The van der Waals surface area contributed by atoms with E-state index in [1.54, 1.807) is 0 Å². The van der Waals surface area contributed by atoms with Gasteiger partial charge in [0, 0.05) is 6.54 Å². The van der Waals surface area contributed by atoms with E-state index in [1.807, 2.05) is 13.8 Å². The van der Waals surface area contributed by atoms with Gasteiger partial charge in [0.2, 0.25) is 0 Å². The highest BCUT2D eigenvalue weighted by Gasteiger charge is 2.29. The third-order valence-corrected chi connectivity index (χ3v) is 1.69. The molecule has 1 unspecified atom stereocenters.